The average Bonchev–Trinajstić information content (AvgIpc) is 3.05. The highest BCUT2D eigenvalue weighted by Gasteiger charge is 2.28. The number of aromatic nitrogens is 1. The van der Waals surface area contributed by atoms with Gasteiger partial charge in [-0.25, -0.2) is 4.98 Å². The molecular formula is C15H25N3OS. The lowest BCUT2D eigenvalue weighted by atomic mass is 10.1. The number of hydrogen-bond donors (Lipinski definition) is 1. The van der Waals surface area contributed by atoms with Crippen molar-refractivity contribution in [3.05, 3.63) is 11.1 Å². The number of nitrogens with zero attached hydrogens (tertiary/aromatic N) is 3. The van der Waals surface area contributed by atoms with Gasteiger partial charge in [0.2, 0.25) is 0 Å². The summed E-state index contributed by atoms with van der Waals surface area (Å²) in [6, 6.07) is 0.723. The van der Waals surface area contributed by atoms with E-state index in [0.29, 0.717) is 5.92 Å². The molecule has 1 aromatic rings. The van der Waals surface area contributed by atoms with Crippen molar-refractivity contribution >= 4 is 16.5 Å². The van der Waals surface area contributed by atoms with Crippen molar-refractivity contribution < 1.29 is 5.11 Å². The van der Waals surface area contributed by atoms with E-state index in [4.69, 9.17) is 4.98 Å². The van der Waals surface area contributed by atoms with Gasteiger partial charge in [-0.05, 0) is 38.6 Å². The zero-order valence-corrected chi connectivity index (χ0v) is 13.3. The number of aliphatic hydroxyl groups is 1. The van der Waals surface area contributed by atoms with Crippen molar-refractivity contribution in [2.75, 3.05) is 25.5 Å². The maximum absolute atomic E-state index is 9.90. The van der Waals surface area contributed by atoms with E-state index >= 15 is 0 Å². The Balaban J connectivity index is 1.51. The minimum Gasteiger partial charge on any atom is -0.393 e. The molecule has 1 aromatic heterocycles. The summed E-state index contributed by atoms with van der Waals surface area (Å²) in [5.74, 6) is 0.451. The van der Waals surface area contributed by atoms with Crippen LogP contribution in [0.2, 0.25) is 0 Å². The second-order valence-electron chi connectivity index (χ2n) is 6.42. The molecule has 2 aliphatic carbocycles. The molecule has 2 unspecified atom stereocenters. The number of anilines is 1. The Labute approximate surface area is 125 Å². The van der Waals surface area contributed by atoms with Crippen LogP contribution in [0.15, 0.2) is 5.38 Å². The van der Waals surface area contributed by atoms with Gasteiger partial charge in [0, 0.05) is 31.6 Å². The molecule has 2 fully saturated rings. The molecule has 0 aromatic carbocycles. The van der Waals surface area contributed by atoms with Gasteiger partial charge in [-0.2, -0.15) is 0 Å². The van der Waals surface area contributed by atoms with Gasteiger partial charge in [-0.15, -0.1) is 11.3 Å². The second kappa shape index (κ2) is 6.00. The summed E-state index contributed by atoms with van der Waals surface area (Å²) in [4.78, 5) is 9.36. The number of thiazole rings is 1. The molecule has 2 saturated carbocycles. The Morgan fingerprint density at radius 1 is 1.30 bits per heavy atom. The summed E-state index contributed by atoms with van der Waals surface area (Å²) < 4.78 is 0. The summed E-state index contributed by atoms with van der Waals surface area (Å²) in [6.45, 7) is 1.87. The van der Waals surface area contributed by atoms with Crippen LogP contribution in [-0.2, 0) is 6.54 Å². The third kappa shape index (κ3) is 3.32. The molecule has 2 aliphatic rings. The number of hydrogen-bond acceptors (Lipinski definition) is 5. The number of aliphatic hydroxyl groups excluding tert-OH is 1. The Hall–Kier alpha value is -0.650. The van der Waals surface area contributed by atoms with Crippen LogP contribution >= 0.6 is 11.3 Å². The van der Waals surface area contributed by atoms with Crippen LogP contribution in [0.1, 0.15) is 37.8 Å². The van der Waals surface area contributed by atoms with Gasteiger partial charge in [0.15, 0.2) is 5.13 Å². The highest BCUT2D eigenvalue weighted by Crippen LogP contribution is 2.32. The van der Waals surface area contributed by atoms with Crippen molar-refractivity contribution in [2.45, 2.75) is 50.8 Å². The third-order valence-electron chi connectivity index (χ3n) is 4.53. The summed E-state index contributed by atoms with van der Waals surface area (Å²) in [5, 5.41) is 13.2. The molecule has 0 bridgehead atoms. The van der Waals surface area contributed by atoms with Gasteiger partial charge >= 0.3 is 0 Å². The maximum Gasteiger partial charge on any atom is 0.185 e. The molecule has 0 spiro atoms. The predicted molar refractivity (Wildman–Crippen MR) is 83.2 cm³/mol. The normalized spacial score (nSPS) is 26.4. The van der Waals surface area contributed by atoms with Crippen LogP contribution in [0.25, 0.3) is 0 Å². The van der Waals surface area contributed by atoms with Gasteiger partial charge in [0.1, 0.15) is 0 Å². The van der Waals surface area contributed by atoms with Crippen LogP contribution in [0.3, 0.4) is 0 Å². The molecule has 1 N–H and O–H groups in total. The van der Waals surface area contributed by atoms with Crippen LogP contribution in [0.5, 0.6) is 0 Å². The first-order valence-electron chi connectivity index (χ1n) is 7.67. The fourth-order valence-corrected chi connectivity index (χ4v) is 3.97. The van der Waals surface area contributed by atoms with Crippen molar-refractivity contribution in [1.29, 1.82) is 0 Å². The first-order chi connectivity index (χ1) is 9.63. The average molecular weight is 295 g/mol. The van der Waals surface area contributed by atoms with Crippen molar-refractivity contribution in [3.63, 3.8) is 0 Å². The predicted octanol–water partition coefficient (Wildman–Crippen LogP) is 2.33. The summed E-state index contributed by atoms with van der Waals surface area (Å²) in [5.41, 5.74) is 1.16. The fourth-order valence-electron chi connectivity index (χ4n) is 3.12. The standard InChI is InChI=1S/C15H25N3OS/c1-17(8-11-4-3-5-14(11)19)9-12-10-20-15(16-12)18(2)13-6-7-13/h10-11,13-14,19H,3-9H2,1-2H3. The van der Waals surface area contributed by atoms with Crippen LogP contribution in [0, 0.1) is 5.92 Å². The lowest BCUT2D eigenvalue weighted by Crippen LogP contribution is -2.29. The smallest absolute Gasteiger partial charge is 0.185 e. The number of rotatable bonds is 6. The van der Waals surface area contributed by atoms with E-state index in [1.807, 2.05) is 0 Å². The maximum atomic E-state index is 9.90. The first-order valence-corrected chi connectivity index (χ1v) is 8.55. The van der Waals surface area contributed by atoms with Crippen molar-refractivity contribution in [1.82, 2.24) is 9.88 Å². The van der Waals surface area contributed by atoms with E-state index < -0.39 is 0 Å². The summed E-state index contributed by atoms with van der Waals surface area (Å²) >= 11 is 1.75. The van der Waals surface area contributed by atoms with Gasteiger partial charge < -0.3 is 14.9 Å². The SMILES string of the molecule is CN(Cc1csc(N(C)C2CC2)n1)CC1CCCC1O. The second-order valence-corrected chi connectivity index (χ2v) is 7.26. The molecule has 0 radical (unpaired) electrons. The molecule has 0 amide bonds. The minimum atomic E-state index is -0.0931. The van der Waals surface area contributed by atoms with Crippen molar-refractivity contribution in [2.24, 2.45) is 5.92 Å². The first kappa shape index (κ1) is 14.3. The quantitative estimate of drug-likeness (QED) is 0.874. The molecule has 20 heavy (non-hydrogen) atoms. The van der Waals surface area contributed by atoms with E-state index in [1.165, 1.54) is 19.3 Å². The van der Waals surface area contributed by atoms with Gasteiger partial charge in [-0.1, -0.05) is 6.42 Å². The van der Waals surface area contributed by atoms with Crippen LogP contribution < -0.4 is 4.90 Å². The molecule has 112 valence electrons. The Bertz CT molecular complexity index is 446. The summed E-state index contributed by atoms with van der Waals surface area (Å²) in [6.07, 6.45) is 5.84. The highest BCUT2D eigenvalue weighted by atomic mass is 32.1. The Kier molecular flexibility index (Phi) is 4.29. The van der Waals surface area contributed by atoms with E-state index in [9.17, 15) is 5.11 Å². The van der Waals surface area contributed by atoms with Crippen molar-refractivity contribution in [3.8, 4) is 0 Å². The van der Waals surface area contributed by atoms with E-state index in [1.54, 1.807) is 11.3 Å². The Morgan fingerprint density at radius 2 is 2.10 bits per heavy atom. The zero-order valence-electron chi connectivity index (χ0n) is 12.5. The molecule has 2 atom stereocenters. The third-order valence-corrected chi connectivity index (χ3v) is 5.51. The topological polar surface area (TPSA) is 39.6 Å². The lowest BCUT2D eigenvalue weighted by molar-refractivity contribution is 0.107. The fraction of sp³-hybridized carbons (Fsp3) is 0.800. The molecule has 3 rings (SSSR count). The van der Waals surface area contributed by atoms with E-state index in [2.05, 4.69) is 29.3 Å². The Morgan fingerprint density at radius 3 is 2.75 bits per heavy atom. The highest BCUT2D eigenvalue weighted by molar-refractivity contribution is 7.13. The van der Waals surface area contributed by atoms with E-state index in [-0.39, 0.29) is 6.10 Å². The molecule has 5 heteroatoms. The summed E-state index contributed by atoms with van der Waals surface area (Å²) in [7, 11) is 4.29. The van der Waals surface area contributed by atoms with E-state index in [0.717, 1.165) is 42.8 Å². The molecular weight excluding hydrogens is 270 g/mol. The molecule has 4 nitrogen and oxygen atoms in total. The van der Waals surface area contributed by atoms with Crippen LogP contribution in [-0.4, -0.2) is 47.8 Å². The molecule has 0 aliphatic heterocycles. The monoisotopic (exact) mass is 295 g/mol. The molecule has 0 saturated heterocycles. The lowest BCUT2D eigenvalue weighted by Gasteiger charge is -2.22. The van der Waals surface area contributed by atoms with Gasteiger partial charge in [-0.3, -0.25) is 0 Å². The zero-order chi connectivity index (χ0) is 14.1. The van der Waals surface area contributed by atoms with Gasteiger partial charge in [0.25, 0.3) is 0 Å². The largest absolute Gasteiger partial charge is 0.393 e. The van der Waals surface area contributed by atoms with Gasteiger partial charge in [0.05, 0.1) is 11.8 Å². The minimum absolute atomic E-state index is 0.0931. The van der Waals surface area contributed by atoms with Crippen LogP contribution in [0.4, 0.5) is 5.13 Å². The molecule has 1 heterocycles.